The average Bonchev–Trinajstić information content (AvgIpc) is 3.43. The highest BCUT2D eigenvalue weighted by molar-refractivity contribution is 7.13. The molecule has 174 valence electrons. The van der Waals surface area contributed by atoms with Gasteiger partial charge in [0.2, 0.25) is 0 Å². The number of benzene rings is 2. The summed E-state index contributed by atoms with van der Waals surface area (Å²) in [5.74, 6) is -1.14. The number of thiazole rings is 1. The Kier molecular flexibility index (Phi) is 6.74. The van der Waals surface area contributed by atoms with Crippen LogP contribution in [0.3, 0.4) is 0 Å². The summed E-state index contributed by atoms with van der Waals surface area (Å²) in [4.78, 5) is 7.88. The Balaban J connectivity index is 1.98. The summed E-state index contributed by atoms with van der Waals surface area (Å²) in [5.41, 5.74) is 3.30. The van der Waals surface area contributed by atoms with Gasteiger partial charge in [-0.3, -0.25) is 0 Å². The van der Waals surface area contributed by atoms with Gasteiger partial charge < -0.3 is 10.3 Å². The highest BCUT2D eigenvalue weighted by Gasteiger charge is 2.41. The Morgan fingerprint density at radius 3 is 2.50 bits per heavy atom. The normalized spacial score (nSPS) is 12.9. The summed E-state index contributed by atoms with van der Waals surface area (Å²) in [5, 5.41) is 5.84. The lowest BCUT2D eigenvalue weighted by Gasteiger charge is -2.13. The van der Waals surface area contributed by atoms with Gasteiger partial charge in [-0.05, 0) is 30.3 Å². The van der Waals surface area contributed by atoms with Crippen molar-refractivity contribution in [2.75, 3.05) is 0 Å². The molecule has 0 saturated heterocycles. The zero-order valence-electron chi connectivity index (χ0n) is 16.8. The third-order valence-corrected chi connectivity index (χ3v) is 5.86. The van der Waals surface area contributed by atoms with Gasteiger partial charge in [-0.25, -0.2) is 14.4 Å². The van der Waals surface area contributed by atoms with E-state index in [0.29, 0.717) is 6.20 Å². The van der Waals surface area contributed by atoms with Crippen molar-refractivity contribution in [3.8, 4) is 21.8 Å². The van der Waals surface area contributed by atoms with Crippen LogP contribution in [0.4, 0.5) is 23.2 Å². The molecule has 34 heavy (non-hydrogen) atoms. The van der Waals surface area contributed by atoms with Gasteiger partial charge in [-0.2, -0.15) is 13.2 Å². The average molecular weight is 527 g/mol. The van der Waals surface area contributed by atoms with Crippen LogP contribution >= 0.6 is 34.5 Å². The maximum absolute atomic E-state index is 14.7. The lowest BCUT2D eigenvalue weighted by molar-refractivity contribution is -0.0571. The van der Waals surface area contributed by atoms with Crippen molar-refractivity contribution in [1.82, 2.24) is 10.1 Å². The fourth-order valence-electron chi connectivity index (χ4n) is 3.13. The molecular formula is C22H12Cl2F4N4OS. The number of nitrogens with two attached hydrogens (primary N) is 1. The quantitative estimate of drug-likeness (QED) is 0.215. The third kappa shape index (κ3) is 4.70. The lowest BCUT2D eigenvalue weighted by atomic mass is 9.99. The molecule has 2 aromatic heterocycles. The minimum atomic E-state index is -4.95. The van der Waals surface area contributed by atoms with Crippen molar-refractivity contribution in [3.63, 3.8) is 0 Å². The van der Waals surface area contributed by atoms with E-state index in [2.05, 4.69) is 15.1 Å². The molecule has 0 aliphatic heterocycles. The first-order valence-electron chi connectivity index (χ1n) is 9.38. The van der Waals surface area contributed by atoms with E-state index in [4.69, 9.17) is 33.5 Å². The number of aliphatic imine (C=N–C) groups is 1. The van der Waals surface area contributed by atoms with E-state index in [9.17, 15) is 17.6 Å². The van der Waals surface area contributed by atoms with E-state index in [1.165, 1.54) is 42.6 Å². The second-order valence-electron chi connectivity index (χ2n) is 6.69. The van der Waals surface area contributed by atoms with Crippen LogP contribution in [-0.2, 0) is 0 Å². The number of rotatable bonds is 5. The monoisotopic (exact) mass is 526 g/mol. The maximum Gasteiger partial charge on any atom is 0.434 e. The maximum atomic E-state index is 14.7. The summed E-state index contributed by atoms with van der Waals surface area (Å²) in [6, 6.07) is 9.50. The summed E-state index contributed by atoms with van der Waals surface area (Å²) in [6.45, 7) is 0. The molecule has 0 fully saturated rings. The molecule has 0 amide bonds. The first kappa shape index (κ1) is 23.9. The molecule has 0 atom stereocenters. The van der Waals surface area contributed by atoms with Crippen LogP contribution in [-0.4, -0.2) is 22.0 Å². The summed E-state index contributed by atoms with van der Waals surface area (Å²) >= 11 is 13.2. The summed E-state index contributed by atoms with van der Waals surface area (Å²) in [6.07, 6.45) is -2.82. The van der Waals surface area contributed by atoms with Gasteiger partial charge in [0, 0.05) is 22.8 Å². The molecule has 12 heteroatoms. The molecule has 4 aromatic rings. The summed E-state index contributed by atoms with van der Waals surface area (Å²) < 4.78 is 62.4. The molecule has 0 saturated carbocycles. The zero-order valence-corrected chi connectivity index (χ0v) is 19.1. The largest absolute Gasteiger partial charge is 0.434 e. The Labute approximate surface area is 204 Å². The Morgan fingerprint density at radius 1 is 1.12 bits per heavy atom. The highest BCUT2D eigenvalue weighted by atomic mass is 35.5. The van der Waals surface area contributed by atoms with Crippen LogP contribution in [0.25, 0.3) is 27.4 Å². The smallest absolute Gasteiger partial charge is 0.404 e. The van der Waals surface area contributed by atoms with Gasteiger partial charge in [0.1, 0.15) is 16.5 Å². The van der Waals surface area contributed by atoms with Crippen LogP contribution in [0.5, 0.6) is 0 Å². The van der Waals surface area contributed by atoms with Crippen molar-refractivity contribution < 1.29 is 22.1 Å². The third-order valence-electron chi connectivity index (χ3n) is 4.52. The van der Waals surface area contributed by atoms with Gasteiger partial charge in [0.15, 0.2) is 11.5 Å². The molecule has 5 nitrogen and oxygen atoms in total. The number of halogens is 6. The molecule has 2 heterocycles. The fraction of sp³-hybridized carbons (Fsp3) is 0.0455. The second-order valence-corrected chi connectivity index (χ2v) is 8.43. The van der Waals surface area contributed by atoms with Gasteiger partial charge in [-0.15, -0.1) is 11.3 Å². The van der Waals surface area contributed by atoms with E-state index in [1.807, 2.05) is 0 Å². The number of hydrogen-bond acceptors (Lipinski definition) is 6. The number of hydrogen-bond donors (Lipinski definition) is 1. The molecule has 2 N–H and O–H groups in total. The Hall–Kier alpha value is -3.21. The lowest BCUT2D eigenvalue weighted by Crippen LogP contribution is -2.25. The number of aromatic nitrogens is 2. The van der Waals surface area contributed by atoms with Crippen molar-refractivity contribution in [2.45, 2.75) is 6.18 Å². The van der Waals surface area contributed by atoms with Crippen LogP contribution in [0.15, 0.2) is 69.8 Å². The number of alkyl halides is 3. The minimum Gasteiger partial charge on any atom is -0.404 e. The molecule has 2 aromatic carbocycles. The van der Waals surface area contributed by atoms with E-state index < -0.39 is 29.0 Å². The SMILES string of the molecule is NC=C(C(=Nc1cccc(Cl)c1)C(F)(F)F)c1onc(-c2c(F)cccc2Cl)c1-c1nccs1. The van der Waals surface area contributed by atoms with Crippen LogP contribution in [0.1, 0.15) is 5.76 Å². The van der Waals surface area contributed by atoms with Crippen molar-refractivity contribution in [3.05, 3.63) is 81.9 Å². The highest BCUT2D eigenvalue weighted by Crippen LogP contribution is 2.43. The Bertz CT molecular complexity index is 1380. The predicted molar refractivity (Wildman–Crippen MR) is 125 cm³/mol. The molecule has 4 rings (SSSR count). The number of nitrogens with zero attached hydrogens (tertiary/aromatic N) is 3. The minimum absolute atomic E-state index is 0.0123. The van der Waals surface area contributed by atoms with Crippen molar-refractivity contribution in [2.24, 2.45) is 10.7 Å². The van der Waals surface area contributed by atoms with Gasteiger partial charge in [-0.1, -0.05) is 40.5 Å². The van der Waals surface area contributed by atoms with E-state index >= 15 is 0 Å². The second kappa shape index (κ2) is 9.57. The molecule has 0 radical (unpaired) electrons. The van der Waals surface area contributed by atoms with Crippen molar-refractivity contribution in [1.29, 1.82) is 0 Å². The first-order valence-corrected chi connectivity index (χ1v) is 11.0. The van der Waals surface area contributed by atoms with Crippen LogP contribution in [0.2, 0.25) is 10.0 Å². The van der Waals surface area contributed by atoms with E-state index in [0.717, 1.165) is 17.4 Å². The molecular weight excluding hydrogens is 515 g/mol. The van der Waals surface area contributed by atoms with Gasteiger partial charge in [0.25, 0.3) is 0 Å². The van der Waals surface area contributed by atoms with Crippen LogP contribution in [0, 0.1) is 5.82 Å². The molecule has 0 spiro atoms. The molecule has 0 bridgehead atoms. The van der Waals surface area contributed by atoms with Crippen molar-refractivity contribution >= 4 is 51.5 Å². The molecule has 0 aliphatic rings. The summed E-state index contributed by atoms with van der Waals surface area (Å²) in [7, 11) is 0. The fourth-order valence-corrected chi connectivity index (χ4v) is 4.24. The van der Waals surface area contributed by atoms with E-state index in [-0.39, 0.29) is 37.6 Å². The molecule has 0 aliphatic carbocycles. The first-order chi connectivity index (χ1) is 16.2. The zero-order chi connectivity index (χ0) is 24.5. The topological polar surface area (TPSA) is 77.3 Å². The van der Waals surface area contributed by atoms with Gasteiger partial charge in [0.05, 0.1) is 27.4 Å². The Morgan fingerprint density at radius 2 is 1.88 bits per heavy atom. The van der Waals surface area contributed by atoms with Crippen LogP contribution < -0.4 is 5.73 Å². The standard InChI is InChI=1S/C22H12Cl2F4N4OS/c23-11-3-1-4-12(9-11)31-20(22(26,27)28)13(10-29)19-17(21-30-7-8-34-21)18(32-33-19)16-14(24)5-2-6-15(16)25/h1-10H,29H2. The predicted octanol–water partition coefficient (Wildman–Crippen LogP) is 7.55. The molecule has 0 unspecified atom stereocenters. The number of allylic oxidation sites excluding steroid dienone is 1. The van der Waals surface area contributed by atoms with E-state index in [1.54, 1.807) is 5.38 Å². The van der Waals surface area contributed by atoms with Gasteiger partial charge >= 0.3 is 6.18 Å².